The first-order valence-electron chi connectivity index (χ1n) is 4.62. The summed E-state index contributed by atoms with van der Waals surface area (Å²) in [5.41, 5.74) is 0.825. The van der Waals surface area contributed by atoms with E-state index in [2.05, 4.69) is 5.92 Å². The van der Waals surface area contributed by atoms with Crippen LogP contribution in [0.25, 0.3) is 0 Å². The van der Waals surface area contributed by atoms with Gasteiger partial charge in [0.1, 0.15) is 5.75 Å². The molecule has 0 aromatic heterocycles. The Labute approximate surface area is 84.5 Å². The molecule has 0 amide bonds. The van der Waals surface area contributed by atoms with Crippen LogP contribution in [0.4, 0.5) is 0 Å². The second kappa shape index (κ2) is 5.31. The lowest BCUT2D eigenvalue weighted by Gasteiger charge is -2.08. The second-order valence-electron chi connectivity index (χ2n) is 2.93. The summed E-state index contributed by atoms with van der Waals surface area (Å²) in [6.07, 6.45) is 4.88. The van der Waals surface area contributed by atoms with Crippen LogP contribution in [0.1, 0.15) is 25.0 Å². The standard InChI is InChI=1S/C12H14O2/c1-3-5-12(13)10-6-8-11(9-7-10)14-4-2/h1,6-9,12-13H,4-5H2,2H3. The molecule has 0 saturated carbocycles. The van der Waals surface area contributed by atoms with Crippen LogP contribution in [0.5, 0.6) is 5.75 Å². The van der Waals surface area contributed by atoms with Crippen LogP contribution in [-0.2, 0) is 0 Å². The molecule has 2 heteroatoms. The molecule has 74 valence electrons. The lowest BCUT2D eigenvalue weighted by atomic mass is 10.1. The van der Waals surface area contributed by atoms with Gasteiger partial charge in [-0.05, 0) is 24.6 Å². The highest BCUT2D eigenvalue weighted by Crippen LogP contribution is 2.19. The fraction of sp³-hybridized carbons (Fsp3) is 0.333. The highest BCUT2D eigenvalue weighted by molar-refractivity contribution is 5.28. The molecule has 0 spiro atoms. The minimum Gasteiger partial charge on any atom is -0.494 e. The fourth-order valence-corrected chi connectivity index (χ4v) is 1.18. The molecule has 1 atom stereocenters. The molecule has 0 fully saturated rings. The van der Waals surface area contributed by atoms with Crippen molar-refractivity contribution in [3.63, 3.8) is 0 Å². The summed E-state index contributed by atoms with van der Waals surface area (Å²) in [4.78, 5) is 0. The lowest BCUT2D eigenvalue weighted by molar-refractivity contribution is 0.184. The molecule has 1 aromatic rings. The van der Waals surface area contributed by atoms with Crippen LogP contribution in [0.3, 0.4) is 0 Å². The van der Waals surface area contributed by atoms with Crippen molar-refractivity contribution in [1.29, 1.82) is 0 Å². The zero-order valence-corrected chi connectivity index (χ0v) is 8.23. The van der Waals surface area contributed by atoms with Gasteiger partial charge in [0.2, 0.25) is 0 Å². The van der Waals surface area contributed by atoms with E-state index in [4.69, 9.17) is 11.2 Å². The van der Waals surface area contributed by atoms with Crippen molar-refractivity contribution >= 4 is 0 Å². The smallest absolute Gasteiger partial charge is 0.119 e. The third-order valence-electron chi connectivity index (χ3n) is 1.89. The predicted octanol–water partition coefficient (Wildman–Crippen LogP) is 2.14. The Morgan fingerprint density at radius 2 is 2.07 bits per heavy atom. The minimum absolute atomic E-state index is 0.341. The molecule has 0 aliphatic rings. The van der Waals surface area contributed by atoms with Crippen molar-refractivity contribution in [1.82, 2.24) is 0 Å². The van der Waals surface area contributed by atoms with E-state index in [1.165, 1.54) is 0 Å². The van der Waals surface area contributed by atoms with Gasteiger partial charge in [-0.15, -0.1) is 12.3 Å². The topological polar surface area (TPSA) is 29.5 Å². The Bertz CT molecular complexity index is 308. The number of terminal acetylenes is 1. The van der Waals surface area contributed by atoms with Crippen molar-refractivity contribution in [3.8, 4) is 18.1 Å². The molecule has 1 aromatic carbocycles. The Hall–Kier alpha value is -1.46. The number of hydrogen-bond donors (Lipinski definition) is 1. The monoisotopic (exact) mass is 190 g/mol. The highest BCUT2D eigenvalue weighted by atomic mass is 16.5. The van der Waals surface area contributed by atoms with Gasteiger partial charge >= 0.3 is 0 Å². The zero-order valence-electron chi connectivity index (χ0n) is 8.23. The molecule has 14 heavy (non-hydrogen) atoms. The average molecular weight is 190 g/mol. The number of aliphatic hydroxyl groups is 1. The van der Waals surface area contributed by atoms with Crippen LogP contribution in [-0.4, -0.2) is 11.7 Å². The predicted molar refractivity (Wildman–Crippen MR) is 56.0 cm³/mol. The van der Waals surface area contributed by atoms with Crippen molar-refractivity contribution in [2.45, 2.75) is 19.4 Å². The second-order valence-corrected chi connectivity index (χ2v) is 2.93. The van der Waals surface area contributed by atoms with Gasteiger partial charge in [-0.25, -0.2) is 0 Å². The number of ether oxygens (including phenoxy) is 1. The Morgan fingerprint density at radius 3 is 2.57 bits per heavy atom. The van der Waals surface area contributed by atoms with Gasteiger partial charge in [0.05, 0.1) is 12.7 Å². The summed E-state index contributed by atoms with van der Waals surface area (Å²) >= 11 is 0. The Balaban J connectivity index is 2.68. The largest absolute Gasteiger partial charge is 0.494 e. The van der Waals surface area contributed by atoms with E-state index in [1.54, 1.807) is 0 Å². The normalized spacial score (nSPS) is 11.8. The summed E-state index contributed by atoms with van der Waals surface area (Å²) in [5, 5.41) is 9.56. The van der Waals surface area contributed by atoms with Crippen molar-refractivity contribution in [3.05, 3.63) is 29.8 Å². The summed E-state index contributed by atoms with van der Waals surface area (Å²) < 4.78 is 5.28. The molecule has 1 N–H and O–H groups in total. The van der Waals surface area contributed by atoms with E-state index < -0.39 is 6.10 Å². The SMILES string of the molecule is C#CCC(O)c1ccc(OCC)cc1. The average Bonchev–Trinajstić information content (AvgIpc) is 2.20. The quantitative estimate of drug-likeness (QED) is 0.737. The van der Waals surface area contributed by atoms with Crippen LogP contribution in [0.2, 0.25) is 0 Å². The van der Waals surface area contributed by atoms with Crippen LogP contribution >= 0.6 is 0 Å². The summed E-state index contributed by atoms with van der Waals surface area (Å²) in [5.74, 6) is 3.23. The fourth-order valence-electron chi connectivity index (χ4n) is 1.18. The van der Waals surface area contributed by atoms with Gasteiger partial charge in [0.25, 0.3) is 0 Å². The van der Waals surface area contributed by atoms with Gasteiger partial charge < -0.3 is 9.84 Å². The summed E-state index contributed by atoms with van der Waals surface area (Å²) in [7, 11) is 0. The maximum absolute atomic E-state index is 9.56. The van der Waals surface area contributed by atoms with Crippen molar-refractivity contribution in [2.75, 3.05) is 6.61 Å². The van der Waals surface area contributed by atoms with E-state index >= 15 is 0 Å². The molecular formula is C12H14O2. The van der Waals surface area contributed by atoms with Crippen molar-refractivity contribution in [2.24, 2.45) is 0 Å². The molecule has 0 heterocycles. The molecule has 0 radical (unpaired) electrons. The molecule has 0 bridgehead atoms. The first-order chi connectivity index (χ1) is 6.77. The van der Waals surface area contributed by atoms with Crippen LogP contribution < -0.4 is 4.74 Å². The number of hydrogen-bond acceptors (Lipinski definition) is 2. The summed E-state index contributed by atoms with van der Waals surface area (Å²) in [6, 6.07) is 7.32. The molecule has 0 aliphatic carbocycles. The molecule has 0 aliphatic heterocycles. The molecule has 1 rings (SSSR count). The highest BCUT2D eigenvalue weighted by Gasteiger charge is 2.04. The molecule has 0 saturated heterocycles. The maximum atomic E-state index is 9.56. The van der Waals surface area contributed by atoms with Gasteiger partial charge in [-0.2, -0.15) is 0 Å². The first-order valence-corrected chi connectivity index (χ1v) is 4.62. The van der Waals surface area contributed by atoms with Gasteiger partial charge in [0, 0.05) is 6.42 Å². The van der Waals surface area contributed by atoms with E-state index in [1.807, 2.05) is 31.2 Å². The zero-order chi connectivity index (χ0) is 10.4. The van der Waals surface area contributed by atoms with Crippen molar-refractivity contribution < 1.29 is 9.84 Å². The van der Waals surface area contributed by atoms with E-state index in [0.717, 1.165) is 11.3 Å². The van der Waals surface area contributed by atoms with Gasteiger partial charge in [0.15, 0.2) is 0 Å². The molecule has 2 nitrogen and oxygen atoms in total. The number of benzene rings is 1. The number of aliphatic hydroxyl groups excluding tert-OH is 1. The van der Waals surface area contributed by atoms with E-state index in [9.17, 15) is 5.11 Å². The van der Waals surface area contributed by atoms with Crippen LogP contribution in [0, 0.1) is 12.3 Å². The maximum Gasteiger partial charge on any atom is 0.119 e. The van der Waals surface area contributed by atoms with E-state index in [-0.39, 0.29) is 0 Å². The van der Waals surface area contributed by atoms with Gasteiger partial charge in [-0.1, -0.05) is 12.1 Å². The van der Waals surface area contributed by atoms with E-state index in [0.29, 0.717) is 13.0 Å². The van der Waals surface area contributed by atoms with Crippen LogP contribution in [0.15, 0.2) is 24.3 Å². The third-order valence-corrected chi connectivity index (χ3v) is 1.89. The molecule has 1 unspecified atom stereocenters. The number of rotatable bonds is 4. The first kappa shape index (κ1) is 10.6. The van der Waals surface area contributed by atoms with Gasteiger partial charge in [-0.3, -0.25) is 0 Å². The minimum atomic E-state index is -0.573. The Kier molecular flexibility index (Phi) is 4.03. The lowest BCUT2D eigenvalue weighted by Crippen LogP contribution is -1.96. The summed E-state index contributed by atoms with van der Waals surface area (Å²) in [6.45, 7) is 2.58. The molecular weight excluding hydrogens is 176 g/mol. The Morgan fingerprint density at radius 1 is 1.43 bits per heavy atom. The third kappa shape index (κ3) is 2.79.